The Morgan fingerprint density at radius 1 is 1.25 bits per heavy atom. The van der Waals surface area contributed by atoms with Crippen LogP contribution in [0.15, 0.2) is 61.2 Å². The van der Waals surface area contributed by atoms with E-state index in [9.17, 15) is 9.90 Å². The summed E-state index contributed by atoms with van der Waals surface area (Å²) in [6.45, 7) is 3.48. The molecule has 0 atom stereocenters. The molecule has 1 N–H and O–H groups in total. The van der Waals surface area contributed by atoms with Crippen LogP contribution in [-0.2, 0) is 11.2 Å². The Balaban J connectivity index is 2.24. The van der Waals surface area contributed by atoms with Crippen LogP contribution in [0.4, 0.5) is 5.69 Å². The Labute approximate surface area is 118 Å². The van der Waals surface area contributed by atoms with Crippen molar-refractivity contribution in [1.29, 1.82) is 0 Å². The fourth-order valence-electron chi connectivity index (χ4n) is 2.02. The first-order valence-electron chi connectivity index (χ1n) is 6.37. The number of likely N-dealkylation sites (N-methyl/N-ethyl adjacent to an activating group) is 1. The van der Waals surface area contributed by atoms with E-state index in [2.05, 4.69) is 6.58 Å². The predicted molar refractivity (Wildman–Crippen MR) is 81.0 cm³/mol. The molecule has 0 heterocycles. The first kappa shape index (κ1) is 13.9. The van der Waals surface area contributed by atoms with E-state index in [1.54, 1.807) is 24.1 Å². The van der Waals surface area contributed by atoms with E-state index in [1.807, 2.05) is 36.4 Å². The quantitative estimate of drug-likeness (QED) is 0.865. The Kier molecular flexibility index (Phi) is 4.20. The summed E-state index contributed by atoms with van der Waals surface area (Å²) in [4.78, 5) is 13.1. The van der Waals surface area contributed by atoms with Gasteiger partial charge in [-0.15, -0.1) is 0 Å². The lowest BCUT2D eigenvalue weighted by Gasteiger charge is -2.16. The van der Waals surface area contributed by atoms with Gasteiger partial charge in [0.15, 0.2) is 0 Å². The van der Waals surface area contributed by atoms with Crippen LogP contribution in [0.5, 0.6) is 5.75 Å². The second-order valence-corrected chi connectivity index (χ2v) is 4.58. The summed E-state index contributed by atoms with van der Waals surface area (Å²) in [6, 6.07) is 14.9. The topological polar surface area (TPSA) is 40.5 Å². The lowest BCUT2D eigenvalue weighted by molar-refractivity contribution is -0.113. The molecule has 20 heavy (non-hydrogen) atoms. The highest BCUT2D eigenvalue weighted by Crippen LogP contribution is 2.22. The maximum Gasteiger partial charge on any atom is 0.250 e. The van der Waals surface area contributed by atoms with Gasteiger partial charge in [0.2, 0.25) is 5.91 Å². The summed E-state index contributed by atoms with van der Waals surface area (Å²) >= 11 is 0. The van der Waals surface area contributed by atoms with Gasteiger partial charge in [-0.2, -0.15) is 0 Å². The van der Waals surface area contributed by atoms with Crippen LogP contribution in [0.2, 0.25) is 0 Å². The molecule has 1 amide bonds. The molecule has 0 aromatic heterocycles. The molecule has 3 heteroatoms. The van der Waals surface area contributed by atoms with Crippen molar-refractivity contribution < 1.29 is 9.90 Å². The average molecular weight is 267 g/mol. The van der Waals surface area contributed by atoms with Gasteiger partial charge in [0, 0.05) is 19.2 Å². The normalized spacial score (nSPS) is 10.1. The largest absolute Gasteiger partial charge is 0.508 e. The predicted octanol–water partition coefficient (Wildman–Crippen LogP) is 3.13. The fourth-order valence-corrected chi connectivity index (χ4v) is 2.02. The number of nitrogens with zero attached hydrogens (tertiary/aromatic N) is 1. The van der Waals surface area contributed by atoms with E-state index < -0.39 is 0 Å². The molecule has 0 aliphatic carbocycles. The molecule has 0 saturated carbocycles. The van der Waals surface area contributed by atoms with Crippen LogP contribution in [-0.4, -0.2) is 18.1 Å². The lowest BCUT2D eigenvalue weighted by atomic mass is 10.0. The number of hydrogen-bond donors (Lipinski definition) is 1. The van der Waals surface area contributed by atoms with Crippen molar-refractivity contribution in [2.75, 3.05) is 11.9 Å². The number of rotatable bonds is 4. The SMILES string of the molecule is C=CC(=O)N(C)c1cccc(Cc2ccccc2O)c1. The summed E-state index contributed by atoms with van der Waals surface area (Å²) in [5.41, 5.74) is 2.71. The summed E-state index contributed by atoms with van der Waals surface area (Å²) in [5, 5.41) is 9.80. The Morgan fingerprint density at radius 2 is 2.00 bits per heavy atom. The monoisotopic (exact) mass is 267 g/mol. The Morgan fingerprint density at radius 3 is 2.70 bits per heavy atom. The van der Waals surface area contributed by atoms with Gasteiger partial charge < -0.3 is 10.0 Å². The number of phenols is 1. The number of carbonyl (C=O) groups is 1. The van der Waals surface area contributed by atoms with E-state index in [0.717, 1.165) is 16.8 Å². The minimum atomic E-state index is -0.148. The van der Waals surface area contributed by atoms with E-state index in [0.29, 0.717) is 6.42 Å². The summed E-state index contributed by atoms with van der Waals surface area (Å²) in [6.07, 6.45) is 1.91. The standard InChI is InChI=1S/C17H17NO2/c1-3-17(20)18(2)15-9-6-7-13(12-15)11-14-8-4-5-10-16(14)19/h3-10,12,19H,1,11H2,2H3. The molecule has 0 aliphatic heterocycles. The molecule has 0 spiro atoms. The van der Waals surface area contributed by atoms with Crippen LogP contribution in [0.3, 0.4) is 0 Å². The van der Waals surface area contributed by atoms with Gasteiger partial charge in [-0.3, -0.25) is 4.79 Å². The summed E-state index contributed by atoms with van der Waals surface area (Å²) < 4.78 is 0. The zero-order valence-corrected chi connectivity index (χ0v) is 11.4. The van der Waals surface area contributed by atoms with Crippen molar-refractivity contribution in [2.24, 2.45) is 0 Å². The minimum absolute atomic E-state index is 0.148. The molecule has 2 aromatic rings. The average Bonchev–Trinajstić information content (AvgIpc) is 2.48. The smallest absolute Gasteiger partial charge is 0.250 e. The number of anilines is 1. The Hall–Kier alpha value is -2.55. The molecule has 0 radical (unpaired) electrons. The molecule has 2 aromatic carbocycles. The summed E-state index contributed by atoms with van der Waals surface area (Å²) in [5.74, 6) is 0.137. The van der Waals surface area contributed by atoms with E-state index in [1.165, 1.54) is 6.08 Å². The van der Waals surface area contributed by atoms with Gasteiger partial charge in [-0.05, 0) is 35.4 Å². The first-order valence-corrected chi connectivity index (χ1v) is 6.37. The second-order valence-electron chi connectivity index (χ2n) is 4.58. The lowest BCUT2D eigenvalue weighted by Crippen LogP contribution is -2.23. The van der Waals surface area contributed by atoms with Crippen LogP contribution in [0.25, 0.3) is 0 Å². The second kappa shape index (κ2) is 6.06. The number of aromatic hydroxyl groups is 1. The van der Waals surface area contributed by atoms with Crippen molar-refractivity contribution in [3.05, 3.63) is 72.3 Å². The summed E-state index contributed by atoms with van der Waals surface area (Å²) in [7, 11) is 1.71. The highest BCUT2D eigenvalue weighted by Gasteiger charge is 2.08. The molecular formula is C17H17NO2. The molecule has 3 nitrogen and oxygen atoms in total. The van der Waals surface area contributed by atoms with Gasteiger partial charge in [-0.25, -0.2) is 0 Å². The van der Waals surface area contributed by atoms with Gasteiger partial charge in [-0.1, -0.05) is 36.9 Å². The van der Waals surface area contributed by atoms with E-state index in [-0.39, 0.29) is 11.7 Å². The van der Waals surface area contributed by atoms with E-state index >= 15 is 0 Å². The van der Waals surface area contributed by atoms with Crippen molar-refractivity contribution in [1.82, 2.24) is 0 Å². The zero-order chi connectivity index (χ0) is 14.5. The molecule has 0 unspecified atom stereocenters. The third kappa shape index (κ3) is 3.06. The van der Waals surface area contributed by atoms with Crippen molar-refractivity contribution in [2.45, 2.75) is 6.42 Å². The number of amides is 1. The molecule has 0 saturated heterocycles. The third-order valence-electron chi connectivity index (χ3n) is 3.19. The molecular weight excluding hydrogens is 250 g/mol. The van der Waals surface area contributed by atoms with Crippen LogP contribution < -0.4 is 4.90 Å². The highest BCUT2D eigenvalue weighted by atomic mass is 16.3. The van der Waals surface area contributed by atoms with Crippen LogP contribution >= 0.6 is 0 Å². The van der Waals surface area contributed by atoms with Gasteiger partial charge >= 0.3 is 0 Å². The van der Waals surface area contributed by atoms with Crippen LogP contribution in [0.1, 0.15) is 11.1 Å². The number of hydrogen-bond acceptors (Lipinski definition) is 2. The maximum atomic E-state index is 11.6. The fraction of sp³-hybridized carbons (Fsp3) is 0.118. The van der Waals surface area contributed by atoms with Gasteiger partial charge in [0.1, 0.15) is 5.75 Å². The molecule has 0 bridgehead atoms. The number of benzene rings is 2. The maximum absolute atomic E-state index is 11.6. The van der Waals surface area contributed by atoms with Crippen molar-refractivity contribution in [3.8, 4) is 5.75 Å². The molecule has 0 aliphatic rings. The van der Waals surface area contributed by atoms with Gasteiger partial charge in [0.05, 0.1) is 0 Å². The van der Waals surface area contributed by atoms with Crippen LogP contribution in [0, 0.1) is 0 Å². The van der Waals surface area contributed by atoms with Gasteiger partial charge in [0.25, 0.3) is 0 Å². The zero-order valence-electron chi connectivity index (χ0n) is 11.4. The number of phenolic OH excluding ortho intramolecular Hbond substituents is 1. The number of carbonyl (C=O) groups excluding carboxylic acids is 1. The third-order valence-corrected chi connectivity index (χ3v) is 3.19. The molecule has 0 fully saturated rings. The van der Waals surface area contributed by atoms with Crippen molar-refractivity contribution >= 4 is 11.6 Å². The highest BCUT2D eigenvalue weighted by molar-refractivity contribution is 6.00. The minimum Gasteiger partial charge on any atom is -0.508 e. The Bertz CT molecular complexity index is 634. The van der Waals surface area contributed by atoms with E-state index in [4.69, 9.17) is 0 Å². The molecule has 2 rings (SSSR count). The number of para-hydroxylation sites is 1. The van der Waals surface area contributed by atoms with Crippen molar-refractivity contribution in [3.63, 3.8) is 0 Å². The first-order chi connectivity index (χ1) is 9.61. The molecule has 102 valence electrons.